The smallest absolute Gasteiger partial charge is 0.192 e. The minimum absolute atomic E-state index is 0.0105. The molecule has 0 saturated carbocycles. The molecule has 2 heterocycles. The maximum Gasteiger partial charge on any atom is 0.192 e. The Morgan fingerprint density at radius 1 is 1.17 bits per heavy atom. The first-order chi connectivity index (χ1) is 8.75. The van der Waals surface area contributed by atoms with Crippen LogP contribution in [-0.4, -0.2) is 31.7 Å². The van der Waals surface area contributed by atoms with Gasteiger partial charge in [-0.05, 0) is 40.9 Å². The molecule has 2 aliphatic rings. The normalized spacial score (nSPS) is 21.9. The summed E-state index contributed by atoms with van der Waals surface area (Å²) < 4.78 is 17.1. The van der Waals surface area contributed by atoms with Crippen LogP contribution < -0.4 is 9.47 Å². The number of hydrogen-bond donors (Lipinski definition) is 0. The zero-order valence-corrected chi connectivity index (χ0v) is 11.4. The summed E-state index contributed by atoms with van der Waals surface area (Å²) in [5.74, 6) is 1.32. The van der Waals surface area contributed by atoms with Crippen molar-refractivity contribution in [3.05, 3.63) is 22.2 Å². The fourth-order valence-electron chi connectivity index (χ4n) is 2.21. The van der Waals surface area contributed by atoms with E-state index in [0.717, 1.165) is 17.3 Å². The molecule has 18 heavy (non-hydrogen) atoms. The van der Waals surface area contributed by atoms with E-state index in [0.29, 0.717) is 36.9 Å². The lowest BCUT2D eigenvalue weighted by Crippen LogP contribution is -2.21. The molecule has 1 aromatic rings. The fourth-order valence-corrected chi connectivity index (χ4v) is 2.73. The zero-order valence-electron chi connectivity index (χ0n) is 9.78. The fraction of sp³-hybridized carbons (Fsp3) is 0.462. The van der Waals surface area contributed by atoms with Crippen molar-refractivity contribution in [2.45, 2.75) is 18.9 Å². The van der Waals surface area contributed by atoms with Crippen LogP contribution >= 0.6 is 15.9 Å². The molecule has 4 nitrogen and oxygen atoms in total. The summed E-state index contributed by atoms with van der Waals surface area (Å²) in [6, 6.07) is 3.53. The SMILES string of the molecule is O=C(c1cc2c(cc1Br)OCCO2)C1CCCO1. The molecule has 0 aliphatic carbocycles. The largest absolute Gasteiger partial charge is 0.486 e. The van der Waals surface area contributed by atoms with Crippen molar-refractivity contribution < 1.29 is 19.0 Å². The molecule has 5 heteroatoms. The second kappa shape index (κ2) is 4.90. The molecular weight excluding hydrogens is 300 g/mol. The highest BCUT2D eigenvalue weighted by Gasteiger charge is 2.28. The van der Waals surface area contributed by atoms with Gasteiger partial charge in [0.05, 0.1) is 0 Å². The van der Waals surface area contributed by atoms with Gasteiger partial charge in [-0.3, -0.25) is 4.79 Å². The quantitative estimate of drug-likeness (QED) is 0.787. The summed E-state index contributed by atoms with van der Waals surface area (Å²) in [6.45, 7) is 1.72. The van der Waals surface area contributed by atoms with Crippen molar-refractivity contribution in [3.8, 4) is 11.5 Å². The van der Waals surface area contributed by atoms with Crippen LogP contribution in [0.1, 0.15) is 23.2 Å². The Hall–Kier alpha value is -1.07. The summed E-state index contributed by atoms with van der Waals surface area (Å²) in [6.07, 6.45) is 1.42. The molecule has 0 N–H and O–H groups in total. The highest BCUT2D eigenvalue weighted by atomic mass is 79.9. The monoisotopic (exact) mass is 312 g/mol. The van der Waals surface area contributed by atoms with Gasteiger partial charge in [0, 0.05) is 16.6 Å². The average molecular weight is 313 g/mol. The molecule has 0 bridgehead atoms. The van der Waals surface area contributed by atoms with Gasteiger partial charge in [-0.15, -0.1) is 0 Å². The summed E-state index contributed by atoms with van der Waals surface area (Å²) in [4.78, 5) is 12.3. The maximum absolute atomic E-state index is 12.3. The highest BCUT2D eigenvalue weighted by Crippen LogP contribution is 2.36. The summed E-state index contributed by atoms with van der Waals surface area (Å²) in [5, 5.41) is 0. The Labute approximate surface area is 113 Å². The molecule has 2 aliphatic heterocycles. The van der Waals surface area contributed by atoms with Crippen molar-refractivity contribution in [1.82, 2.24) is 0 Å². The number of carbonyl (C=O) groups is 1. The van der Waals surface area contributed by atoms with Crippen LogP contribution in [0, 0.1) is 0 Å². The number of ketones is 1. The molecule has 96 valence electrons. The molecule has 0 amide bonds. The Balaban J connectivity index is 1.93. The number of ether oxygens (including phenoxy) is 3. The Kier molecular flexibility index (Phi) is 3.26. The van der Waals surface area contributed by atoms with Crippen LogP contribution in [0.25, 0.3) is 0 Å². The second-order valence-electron chi connectivity index (χ2n) is 4.34. The van der Waals surface area contributed by atoms with Gasteiger partial charge in [-0.2, -0.15) is 0 Å². The van der Waals surface area contributed by atoms with Gasteiger partial charge < -0.3 is 14.2 Å². The third-order valence-corrected chi connectivity index (χ3v) is 3.78. The van der Waals surface area contributed by atoms with Crippen LogP contribution in [-0.2, 0) is 4.74 Å². The molecule has 0 spiro atoms. The molecular formula is C13H13BrO4. The van der Waals surface area contributed by atoms with E-state index in [2.05, 4.69) is 15.9 Å². The third kappa shape index (κ3) is 2.12. The Bertz CT molecular complexity index is 480. The van der Waals surface area contributed by atoms with Crippen LogP contribution in [0.5, 0.6) is 11.5 Å². The van der Waals surface area contributed by atoms with E-state index in [1.165, 1.54) is 0 Å². The molecule has 1 atom stereocenters. The van der Waals surface area contributed by atoms with Crippen LogP contribution in [0.3, 0.4) is 0 Å². The Morgan fingerprint density at radius 3 is 2.56 bits per heavy atom. The van der Waals surface area contributed by atoms with Gasteiger partial charge >= 0.3 is 0 Å². The first kappa shape index (κ1) is 12.0. The highest BCUT2D eigenvalue weighted by molar-refractivity contribution is 9.10. The first-order valence-electron chi connectivity index (χ1n) is 6.00. The van der Waals surface area contributed by atoms with Crippen LogP contribution in [0.2, 0.25) is 0 Å². The van der Waals surface area contributed by atoms with Gasteiger partial charge in [0.25, 0.3) is 0 Å². The van der Waals surface area contributed by atoms with Gasteiger partial charge in [0.2, 0.25) is 0 Å². The number of hydrogen-bond acceptors (Lipinski definition) is 4. The predicted octanol–water partition coefficient (Wildman–Crippen LogP) is 2.58. The van der Waals surface area contributed by atoms with Crippen molar-refractivity contribution in [1.29, 1.82) is 0 Å². The standard InChI is InChI=1S/C13H13BrO4/c14-9-7-12-11(17-4-5-18-12)6-8(9)13(15)10-2-1-3-16-10/h6-7,10H,1-5H2. The van der Waals surface area contributed by atoms with E-state index in [9.17, 15) is 4.79 Å². The maximum atomic E-state index is 12.3. The van der Waals surface area contributed by atoms with E-state index in [4.69, 9.17) is 14.2 Å². The Morgan fingerprint density at radius 2 is 1.89 bits per heavy atom. The zero-order chi connectivity index (χ0) is 12.5. The number of Topliss-reactive ketones (excluding diaryl/α,β-unsaturated/α-hetero) is 1. The van der Waals surface area contributed by atoms with Gasteiger partial charge in [0.15, 0.2) is 17.3 Å². The second-order valence-corrected chi connectivity index (χ2v) is 5.20. The molecule has 0 radical (unpaired) electrons. The third-order valence-electron chi connectivity index (χ3n) is 3.12. The number of carbonyl (C=O) groups excluding carboxylic acids is 1. The van der Waals surface area contributed by atoms with E-state index in [-0.39, 0.29) is 11.9 Å². The van der Waals surface area contributed by atoms with Gasteiger partial charge in [-0.1, -0.05) is 0 Å². The van der Waals surface area contributed by atoms with E-state index in [1.807, 2.05) is 0 Å². The lowest BCUT2D eigenvalue weighted by atomic mass is 10.0. The predicted molar refractivity (Wildman–Crippen MR) is 68.4 cm³/mol. The minimum atomic E-state index is -0.316. The number of fused-ring (bicyclic) bond motifs is 1. The lowest BCUT2D eigenvalue weighted by molar-refractivity contribution is 0.0641. The average Bonchev–Trinajstić information content (AvgIpc) is 2.91. The molecule has 1 aromatic carbocycles. The molecule has 1 unspecified atom stereocenters. The van der Waals surface area contributed by atoms with Crippen molar-refractivity contribution in [2.75, 3.05) is 19.8 Å². The molecule has 1 saturated heterocycles. The summed E-state index contributed by atoms with van der Waals surface area (Å²) >= 11 is 3.41. The van der Waals surface area contributed by atoms with Gasteiger partial charge in [0.1, 0.15) is 19.3 Å². The van der Waals surface area contributed by atoms with Crippen molar-refractivity contribution in [2.24, 2.45) is 0 Å². The van der Waals surface area contributed by atoms with Crippen LogP contribution in [0.4, 0.5) is 0 Å². The number of rotatable bonds is 2. The molecule has 0 aromatic heterocycles. The number of benzene rings is 1. The van der Waals surface area contributed by atoms with Crippen LogP contribution in [0.15, 0.2) is 16.6 Å². The van der Waals surface area contributed by atoms with Crippen molar-refractivity contribution in [3.63, 3.8) is 0 Å². The summed E-state index contributed by atoms with van der Waals surface area (Å²) in [7, 11) is 0. The van der Waals surface area contributed by atoms with Crippen molar-refractivity contribution >= 4 is 21.7 Å². The molecule has 3 rings (SSSR count). The minimum Gasteiger partial charge on any atom is -0.486 e. The topological polar surface area (TPSA) is 44.8 Å². The van der Waals surface area contributed by atoms with E-state index in [1.54, 1.807) is 12.1 Å². The van der Waals surface area contributed by atoms with E-state index >= 15 is 0 Å². The number of halogens is 1. The van der Waals surface area contributed by atoms with Gasteiger partial charge in [-0.25, -0.2) is 0 Å². The first-order valence-corrected chi connectivity index (χ1v) is 6.80. The summed E-state index contributed by atoms with van der Waals surface area (Å²) in [5.41, 5.74) is 0.603. The van der Waals surface area contributed by atoms with E-state index < -0.39 is 0 Å². The molecule has 1 fully saturated rings. The lowest BCUT2D eigenvalue weighted by Gasteiger charge is -2.20.